The second-order valence-electron chi connectivity index (χ2n) is 2.82. The van der Waals surface area contributed by atoms with Crippen LogP contribution in [0.3, 0.4) is 0 Å². The first-order valence-electron chi connectivity index (χ1n) is 4.26. The molecular weight excluding hydrogens is 203 g/mol. The number of nitrogens with zero attached hydrogens (tertiary/aromatic N) is 1. The third-order valence-electron chi connectivity index (χ3n) is 1.76. The first-order chi connectivity index (χ1) is 6.67. The summed E-state index contributed by atoms with van der Waals surface area (Å²) in [5, 5.41) is 12.0. The van der Waals surface area contributed by atoms with Crippen molar-refractivity contribution in [3.8, 4) is 6.07 Å². The maximum absolute atomic E-state index is 12.9. The lowest BCUT2D eigenvalue weighted by Crippen LogP contribution is -2.19. The van der Waals surface area contributed by atoms with Gasteiger partial charge in [0.05, 0.1) is 6.07 Å². The minimum absolute atomic E-state index is 0.304. The number of halogens is 2. The van der Waals surface area contributed by atoms with Gasteiger partial charge in [0, 0.05) is 5.02 Å². The number of nitriles is 1. The molecule has 2 nitrogen and oxygen atoms in total. The van der Waals surface area contributed by atoms with Crippen LogP contribution in [-0.4, -0.2) is 6.54 Å². The molecule has 0 aliphatic rings. The van der Waals surface area contributed by atoms with Gasteiger partial charge in [-0.3, -0.25) is 5.32 Å². The first-order valence-corrected chi connectivity index (χ1v) is 4.64. The molecule has 74 valence electrons. The minimum Gasteiger partial charge on any atom is -0.298 e. The number of benzene rings is 1. The molecule has 1 aromatic carbocycles. The SMILES string of the molecule is CCNC(C#N)c1cc(F)cc(Cl)c1. The maximum Gasteiger partial charge on any atom is 0.125 e. The highest BCUT2D eigenvalue weighted by Crippen LogP contribution is 2.19. The molecule has 1 unspecified atom stereocenters. The lowest BCUT2D eigenvalue weighted by molar-refractivity contribution is 0.613. The highest BCUT2D eigenvalue weighted by molar-refractivity contribution is 6.30. The highest BCUT2D eigenvalue weighted by atomic mass is 35.5. The van der Waals surface area contributed by atoms with E-state index in [4.69, 9.17) is 16.9 Å². The molecule has 0 fully saturated rings. The predicted molar refractivity (Wildman–Crippen MR) is 53.4 cm³/mol. The summed E-state index contributed by atoms with van der Waals surface area (Å²) in [7, 11) is 0. The van der Waals surface area contributed by atoms with Crippen molar-refractivity contribution in [2.45, 2.75) is 13.0 Å². The van der Waals surface area contributed by atoms with Crippen molar-refractivity contribution in [1.82, 2.24) is 5.32 Å². The summed E-state index contributed by atoms with van der Waals surface area (Å²) in [6.45, 7) is 2.53. The average Bonchev–Trinajstić information content (AvgIpc) is 2.12. The predicted octanol–water partition coefficient (Wildman–Crippen LogP) is 2.65. The van der Waals surface area contributed by atoms with Gasteiger partial charge in [0.1, 0.15) is 11.9 Å². The van der Waals surface area contributed by atoms with Gasteiger partial charge in [0.15, 0.2) is 0 Å². The zero-order chi connectivity index (χ0) is 10.6. The van der Waals surface area contributed by atoms with Gasteiger partial charge in [-0.1, -0.05) is 18.5 Å². The van der Waals surface area contributed by atoms with Crippen molar-refractivity contribution in [2.24, 2.45) is 0 Å². The smallest absolute Gasteiger partial charge is 0.125 e. The Bertz CT molecular complexity index is 339. The number of rotatable bonds is 3. The second-order valence-corrected chi connectivity index (χ2v) is 3.26. The van der Waals surface area contributed by atoms with Gasteiger partial charge >= 0.3 is 0 Å². The van der Waals surface area contributed by atoms with Crippen LogP contribution in [0.5, 0.6) is 0 Å². The Morgan fingerprint density at radius 1 is 1.57 bits per heavy atom. The number of hydrogen-bond donors (Lipinski definition) is 1. The van der Waals surface area contributed by atoms with E-state index in [0.29, 0.717) is 17.1 Å². The monoisotopic (exact) mass is 212 g/mol. The van der Waals surface area contributed by atoms with Gasteiger partial charge in [-0.2, -0.15) is 5.26 Å². The molecule has 0 heterocycles. The Morgan fingerprint density at radius 3 is 2.79 bits per heavy atom. The molecule has 0 spiro atoms. The fourth-order valence-electron chi connectivity index (χ4n) is 1.18. The molecule has 1 rings (SSSR count). The molecule has 1 N–H and O–H groups in total. The summed E-state index contributed by atoms with van der Waals surface area (Å²) >= 11 is 5.67. The van der Waals surface area contributed by atoms with Gasteiger partial charge in [-0.05, 0) is 30.3 Å². The van der Waals surface area contributed by atoms with E-state index in [9.17, 15) is 4.39 Å². The summed E-state index contributed by atoms with van der Waals surface area (Å²) in [5.41, 5.74) is 0.555. The van der Waals surface area contributed by atoms with Crippen LogP contribution in [0, 0.1) is 17.1 Å². The Labute approximate surface area is 87.3 Å². The van der Waals surface area contributed by atoms with E-state index in [1.807, 2.05) is 13.0 Å². The fourth-order valence-corrected chi connectivity index (χ4v) is 1.41. The molecule has 0 amide bonds. The van der Waals surface area contributed by atoms with Gasteiger partial charge in [-0.15, -0.1) is 0 Å². The molecule has 14 heavy (non-hydrogen) atoms. The largest absolute Gasteiger partial charge is 0.298 e. The van der Waals surface area contributed by atoms with Crippen LogP contribution in [-0.2, 0) is 0 Å². The average molecular weight is 213 g/mol. The summed E-state index contributed by atoms with van der Waals surface area (Å²) < 4.78 is 12.9. The summed E-state index contributed by atoms with van der Waals surface area (Å²) in [6, 6.07) is 5.64. The normalized spacial score (nSPS) is 12.1. The minimum atomic E-state index is -0.506. The third kappa shape index (κ3) is 2.69. The standard InChI is InChI=1S/C10H10ClFN2/c1-2-14-10(6-13)7-3-8(11)5-9(12)4-7/h3-5,10,14H,2H2,1H3. The molecule has 4 heteroatoms. The van der Waals surface area contributed by atoms with Crippen molar-refractivity contribution in [1.29, 1.82) is 5.26 Å². The van der Waals surface area contributed by atoms with Crippen LogP contribution in [0.15, 0.2) is 18.2 Å². The third-order valence-corrected chi connectivity index (χ3v) is 1.97. The lowest BCUT2D eigenvalue weighted by atomic mass is 10.1. The van der Waals surface area contributed by atoms with E-state index in [0.717, 1.165) is 0 Å². The van der Waals surface area contributed by atoms with Crippen LogP contribution in [0.2, 0.25) is 5.02 Å². The second kappa shape index (κ2) is 4.94. The Morgan fingerprint density at radius 2 is 2.29 bits per heavy atom. The van der Waals surface area contributed by atoms with Crippen molar-refractivity contribution in [3.05, 3.63) is 34.6 Å². The topological polar surface area (TPSA) is 35.8 Å². The van der Waals surface area contributed by atoms with Crippen molar-refractivity contribution in [2.75, 3.05) is 6.54 Å². The lowest BCUT2D eigenvalue weighted by Gasteiger charge is -2.10. The molecule has 1 aromatic rings. The van der Waals surface area contributed by atoms with Crippen LogP contribution < -0.4 is 5.32 Å². The Kier molecular flexibility index (Phi) is 3.87. The van der Waals surface area contributed by atoms with Crippen LogP contribution >= 0.6 is 11.6 Å². The van der Waals surface area contributed by atoms with Crippen LogP contribution in [0.4, 0.5) is 4.39 Å². The highest BCUT2D eigenvalue weighted by Gasteiger charge is 2.10. The molecule has 0 radical (unpaired) electrons. The van der Waals surface area contributed by atoms with Gasteiger partial charge in [0.2, 0.25) is 0 Å². The van der Waals surface area contributed by atoms with E-state index < -0.39 is 11.9 Å². The van der Waals surface area contributed by atoms with E-state index in [-0.39, 0.29) is 0 Å². The molecule has 0 saturated heterocycles. The van der Waals surface area contributed by atoms with E-state index in [1.165, 1.54) is 12.1 Å². The van der Waals surface area contributed by atoms with Gasteiger partial charge in [0.25, 0.3) is 0 Å². The molecule has 1 atom stereocenters. The van der Waals surface area contributed by atoms with Crippen molar-refractivity contribution >= 4 is 11.6 Å². The van der Waals surface area contributed by atoms with E-state index in [2.05, 4.69) is 5.32 Å². The molecular formula is C10H10ClFN2. The molecule has 0 aliphatic heterocycles. The maximum atomic E-state index is 12.9. The quantitative estimate of drug-likeness (QED) is 0.836. The van der Waals surface area contributed by atoms with Crippen LogP contribution in [0.25, 0.3) is 0 Å². The molecule has 0 aromatic heterocycles. The first kappa shape index (κ1) is 11.0. The Hall–Kier alpha value is -1.11. The summed E-state index contributed by atoms with van der Waals surface area (Å²) in [6.07, 6.45) is 0. The zero-order valence-corrected chi connectivity index (χ0v) is 8.48. The molecule has 0 saturated carbocycles. The molecule has 0 bridgehead atoms. The fraction of sp³-hybridized carbons (Fsp3) is 0.300. The van der Waals surface area contributed by atoms with Crippen molar-refractivity contribution in [3.63, 3.8) is 0 Å². The van der Waals surface area contributed by atoms with E-state index >= 15 is 0 Å². The van der Waals surface area contributed by atoms with Crippen molar-refractivity contribution < 1.29 is 4.39 Å². The van der Waals surface area contributed by atoms with Gasteiger partial charge in [-0.25, -0.2) is 4.39 Å². The van der Waals surface area contributed by atoms with E-state index in [1.54, 1.807) is 6.07 Å². The Balaban J connectivity index is 2.99. The summed E-state index contributed by atoms with van der Waals surface area (Å²) in [4.78, 5) is 0. The van der Waals surface area contributed by atoms with Crippen LogP contribution in [0.1, 0.15) is 18.5 Å². The number of nitrogens with one attached hydrogen (secondary N) is 1. The summed E-state index contributed by atoms with van der Waals surface area (Å²) in [5.74, 6) is -0.425. The van der Waals surface area contributed by atoms with Gasteiger partial charge < -0.3 is 0 Å². The number of hydrogen-bond acceptors (Lipinski definition) is 2. The molecule has 0 aliphatic carbocycles. The zero-order valence-electron chi connectivity index (χ0n) is 7.72.